The first-order chi connectivity index (χ1) is 13.8. The first kappa shape index (κ1) is 20.5. The van der Waals surface area contributed by atoms with Crippen molar-refractivity contribution in [3.05, 3.63) is 65.9 Å². The SMILES string of the molecule is COc1ccc(OCC(=O)OCC(=O)/C=C2\N(C)c3ccccc3C2(C)C)cc1. The lowest BCUT2D eigenvalue weighted by atomic mass is 9.83. The van der Waals surface area contributed by atoms with Crippen LogP contribution in [0.25, 0.3) is 0 Å². The lowest BCUT2D eigenvalue weighted by Gasteiger charge is -2.23. The number of hydrogen-bond acceptors (Lipinski definition) is 6. The molecular weight excluding hydrogens is 370 g/mol. The first-order valence-corrected chi connectivity index (χ1v) is 9.33. The molecule has 1 aliphatic heterocycles. The van der Waals surface area contributed by atoms with Gasteiger partial charge in [0, 0.05) is 29.9 Å². The van der Waals surface area contributed by atoms with Crippen LogP contribution < -0.4 is 14.4 Å². The van der Waals surface area contributed by atoms with Crippen LogP contribution in [0.4, 0.5) is 5.69 Å². The lowest BCUT2D eigenvalue weighted by Crippen LogP contribution is -2.25. The second-order valence-electron chi connectivity index (χ2n) is 7.32. The van der Waals surface area contributed by atoms with Crippen molar-refractivity contribution >= 4 is 17.4 Å². The zero-order chi connectivity index (χ0) is 21.0. The number of nitrogens with zero attached hydrogens (tertiary/aromatic N) is 1. The van der Waals surface area contributed by atoms with Crippen molar-refractivity contribution in [3.63, 3.8) is 0 Å². The van der Waals surface area contributed by atoms with E-state index in [9.17, 15) is 9.59 Å². The van der Waals surface area contributed by atoms with Gasteiger partial charge in [0.1, 0.15) is 11.5 Å². The van der Waals surface area contributed by atoms with Gasteiger partial charge in [0.15, 0.2) is 19.0 Å². The van der Waals surface area contributed by atoms with Crippen molar-refractivity contribution in [2.24, 2.45) is 0 Å². The molecule has 0 aromatic heterocycles. The first-order valence-electron chi connectivity index (χ1n) is 9.33. The molecule has 6 heteroatoms. The number of fused-ring (bicyclic) bond motifs is 1. The Hall–Kier alpha value is -3.28. The average molecular weight is 395 g/mol. The molecule has 6 nitrogen and oxygen atoms in total. The third kappa shape index (κ3) is 4.42. The second-order valence-corrected chi connectivity index (χ2v) is 7.32. The topological polar surface area (TPSA) is 65.1 Å². The van der Waals surface area contributed by atoms with Crippen molar-refractivity contribution in [3.8, 4) is 11.5 Å². The van der Waals surface area contributed by atoms with Gasteiger partial charge in [-0.1, -0.05) is 32.0 Å². The molecule has 3 rings (SSSR count). The van der Waals surface area contributed by atoms with Crippen LogP contribution in [0.3, 0.4) is 0 Å². The largest absolute Gasteiger partial charge is 0.497 e. The number of ketones is 1. The van der Waals surface area contributed by atoms with Gasteiger partial charge in [-0.2, -0.15) is 0 Å². The van der Waals surface area contributed by atoms with Crippen LogP contribution in [0.2, 0.25) is 0 Å². The highest BCUT2D eigenvalue weighted by Crippen LogP contribution is 2.46. The van der Waals surface area contributed by atoms with Gasteiger partial charge in [-0.3, -0.25) is 4.79 Å². The standard InChI is InChI=1S/C23H25NO5/c1-23(2)19-7-5-6-8-20(19)24(3)21(23)13-16(25)14-29-22(26)15-28-18-11-9-17(27-4)10-12-18/h5-13H,14-15H2,1-4H3/b21-13-. The molecule has 0 bridgehead atoms. The summed E-state index contributed by atoms with van der Waals surface area (Å²) in [6.07, 6.45) is 1.55. The van der Waals surface area contributed by atoms with Crippen molar-refractivity contribution < 1.29 is 23.8 Å². The van der Waals surface area contributed by atoms with Gasteiger partial charge < -0.3 is 19.1 Å². The molecule has 0 atom stereocenters. The van der Waals surface area contributed by atoms with Crippen LogP contribution >= 0.6 is 0 Å². The van der Waals surface area contributed by atoms with Crippen molar-refractivity contribution in [2.75, 3.05) is 32.3 Å². The van der Waals surface area contributed by atoms with Gasteiger partial charge >= 0.3 is 5.97 Å². The van der Waals surface area contributed by atoms with Gasteiger partial charge in [-0.25, -0.2) is 4.79 Å². The zero-order valence-electron chi connectivity index (χ0n) is 17.1. The fraction of sp³-hybridized carbons (Fsp3) is 0.304. The minimum atomic E-state index is -0.602. The predicted molar refractivity (Wildman–Crippen MR) is 110 cm³/mol. The molecule has 152 valence electrons. The van der Waals surface area contributed by atoms with Crippen LogP contribution in [0.1, 0.15) is 19.4 Å². The molecule has 29 heavy (non-hydrogen) atoms. The van der Waals surface area contributed by atoms with Crippen molar-refractivity contribution in [1.29, 1.82) is 0 Å². The summed E-state index contributed by atoms with van der Waals surface area (Å²) in [5.74, 6) is 0.337. The molecule has 0 amide bonds. The number of allylic oxidation sites excluding steroid dienone is 1. The van der Waals surface area contributed by atoms with E-state index in [1.165, 1.54) is 0 Å². The van der Waals surface area contributed by atoms with E-state index in [2.05, 4.69) is 19.9 Å². The smallest absolute Gasteiger partial charge is 0.344 e. The maximum atomic E-state index is 12.4. The van der Waals surface area contributed by atoms with Crippen molar-refractivity contribution in [2.45, 2.75) is 19.3 Å². The molecule has 0 fully saturated rings. The number of carbonyl (C=O) groups excluding carboxylic acids is 2. The number of ether oxygens (including phenoxy) is 3. The van der Waals surface area contributed by atoms with E-state index in [1.807, 2.05) is 30.1 Å². The number of carbonyl (C=O) groups is 2. The molecule has 1 aliphatic rings. The third-order valence-electron chi connectivity index (χ3n) is 5.03. The summed E-state index contributed by atoms with van der Waals surface area (Å²) in [4.78, 5) is 26.3. The Bertz CT molecular complexity index is 931. The predicted octanol–water partition coefficient (Wildman–Crippen LogP) is 3.50. The Morgan fingerprint density at radius 2 is 1.66 bits per heavy atom. The normalized spacial score (nSPS) is 15.7. The number of rotatable bonds is 7. The highest BCUT2D eigenvalue weighted by molar-refractivity contribution is 5.94. The maximum Gasteiger partial charge on any atom is 0.344 e. The average Bonchev–Trinajstić information content (AvgIpc) is 2.92. The molecule has 0 aliphatic carbocycles. The number of benzene rings is 2. The Kier molecular flexibility index (Phi) is 5.92. The van der Waals surface area contributed by atoms with Crippen LogP contribution in [-0.2, 0) is 19.7 Å². The highest BCUT2D eigenvalue weighted by Gasteiger charge is 2.38. The quantitative estimate of drug-likeness (QED) is 0.528. The molecule has 2 aromatic rings. The van der Waals surface area contributed by atoms with E-state index < -0.39 is 5.97 Å². The van der Waals surface area contributed by atoms with Gasteiger partial charge in [0.25, 0.3) is 0 Å². The summed E-state index contributed by atoms with van der Waals surface area (Å²) in [6.45, 7) is 3.55. The van der Waals surface area contributed by atoms with E-state index in [4.69, 9.17) is 14.2 Å². The number of methoxy groups -OCH3 is 1. The van der Waals surface area contributed by atoms with Gasteiger partial charge in [-0.05, 0) is 35.9 Å². The number of esters is 1. The molecule has 0 saturated heterocycles. The minimum Gasteiger partial charge on any atom is -0.497 e. The maximum absolute atomic E-state index is 12.4. The molecule has 0 radical (unpaired) electrons. The molecular formula is C23H25NO5. The van der Waals surface area contributed by atoms with E-state index in [1.54, 1.807) is 37.5 Å². The summed E-state index contributed by atoms with van der Waals surface area (Å²) < 4.78 is 15.5. The van der Waals surface area contributed by atoms with E-state index >= 15 is 0 Å². The van der Waals surface area contributed by atoms with Crippen LogP contribution in [-0.4, -0.2) is 39.1 Å². The summed E-state index contributed by atoms with van der Waals surface area (Å²) in [5.41, 5.74) is 2.80. The summed E-state index contributed by atoms with van der Waals surface area (Å²) in [6, 6.07) is 14.9. The van der Waals surface area contributed by atoms with Gasteiger partial charge in [0.2, 0.25) is 0 Å². The van der Waals surface area contributed by atoms with Gasteiger partial charge in [-0.15, -0.1) is 0 Å². The van der Waals surface area contributed by atoms with Crippen molar-refractivity contribution in [1.82, 2.24) is 0 Å². The van der Waals surface area contributed by atoms with E-state index in [-0.39, 0.29) is 24.4 Å². The number of likely N-dealkylation sites (N-methyl/N-ethyl adjacent to an activating group) is 1. The highest BCUT2D eigenvalue weighted by atomic mass is 16.6. The fourth-order valence-electron chi connectivity index (χ4n) is 3.46. The molecule has 2 aromatic carbocycles. The Morgan fingerprint density at radius 1 is 1.00 bits per heavy atom. The zero-order valence-corrected chi connectivity index (χ0v) is 17.1. The molecule has 0 saturated carbocycles. The summed E-state index contributed by atoms with van der Waals surface area (Å²) in [5, 5.41) is 0. The number of anilines is 1. The number of hydrogen-bond donors (Lipinski definition) is 0. The van der Waals surface area contributed by atoms with E-state index in [0.717, 1.165) is 16.9 Å². The fourth-order valence-corrected chi connectivity index (χ4v) is 3.46. The van der Waals surface area contributed by atoms with Crippen LogP contribution in [0.15, 0.2) is 60.3 Å². The minimum absolute atomic E-state index is 0.271. The number of para-hydroxylation sites is 1. The lowest BCUT2D eigenvalue weighted by molar-refractivity contribution is -0.148. The van der Waals surface area contributed by atoms with Gasteiger partial charge in [0.05, 0.1) is 7.11 Å². The summed E-state index contributed by atoms with van der Waals surface area (Å²) in [7, 11) is 3.50. The monoisotopic (exact) mass is 395 g/mol. The second kappa shape index (κ2) is 8.39. The third-order valence-corrected chi connectivity index (χ3v) is 5.03. The molecule has 1 heterocycles. The molecule has 0 unspecified atom stereocenters. The Morgan fingerprint density at radius 3 is 2.31 bits per heavy atom. The Labute approximate surface area is 170 Å². The van der Waals surface area contributed by atoms with Crippen LogP contribution in [0, 0.1) is 0 Å². The van der Waals surface area contributed by atoms with Crippen LogP contribution in [0.5, 0.6) is 11.5 Å². The molecule has 0 N–H and O–H groups in total. The summed E-state index contributed by atoms with van der Waals surface area (Å²) >= 11 is 0. The Balaban J connectivity index is 1.54. The van der Waals surface area contributed by atoms with E-state index in [0.29, 0.717) is 11.5 Å². The molecule has 0 spiro atoms.